The van der Waals surface area contributed by atoms with Crippen LogP contribution < -0.4 is 33.1 Å². The average Bonchev–Trinajstić information content (AvgIpc) is 0.844. The Morgan fingerprint density at radius 3 is 0.897 bits per heavy atom. The molecule has 762 valence electrons. The van der Waals surface area contributed by atoms with E-state index in [0.29, 0.717) is 174 Å². The molecule has 145 heavy (non-hydrogen) atoms. The number of amides is 4. The first kappa shape index (κ1) is 115. The van der Waals surface area contributed by atoms with Crippen molar-refractivity contribution in [3.8, 4) is 53.4 Å². The number of carbonyl (C=O) groups excluding carboxylic acids is 6. The van der Waals surface area contributed by atoms with Gasteiger partial charge in [0.25, 0.3) is 0 Å². The van der Waals surface area contributed by atoms with E-state index >= 15 is 0 Å². The van der Waals surface area contributed by atoms with Crippen LogP contribution in [0.2, 0.25) is 20.1 Å². The number of halogens is 4. The summed E-state index contributed by atoms with van der Waals surface area (Å²) in [5, 5.41) is 2.36. The lowest BCUT2D eigenvalue weighted by Crippen LogP contribution is -2.34. The number of ketones is 1. The summed E-state index contributed by atoms with van der Waals surface area (Å²) in [6, 6.07) is 86.8. The fraction of sp³-hybridized carbons (Fsp3) is 0.299. The van der Waals surface area contributed by atoms with Crippen molar-refractivity contribution in [3.05, 3.63) is 383 Å². The molecule has 0 saturated carbocycles. The van der Waals surface area contributed by atoms with Crippen LogP contribution in [0.4, 0.5) is 0 Å². The standard InChI is InChI=1S/C30H33ClN2O5S.C30H33ClN2O4S.C29H32ClNO3.C28H30ClNO4/c1-4-17-32-39(35,36)28-13-8-23(9-14-28)16-18-33(30(34)20-24-6-11-27(37-3)12-7-24)22-25-21-26(31)10-15-29(25)38-19-5-2;1-3-19-32-38(35,36)28-14-10-25(11-15-28)18-20-33(30(34)17-12-24-8-6-5-7-9-24)23-26-22-27(31)13-16-29(26)37-21-4-2;1-3-18-34-28-15-14-26(30)20-25(28)21-31(29(33)19-23-8-6-5-7-9-23)17-16-22-10-12-24(13-11-22)27(32)4-2;1-3-17-34-26-14-13-25(29)19-24(26)20-30(27(31)18-22-7-5-4-6-8-22)16-15-21-9-11-23(12-10-21)28(32)33-2/h1,6-15,21,32H,5,16-20,22H2,2-3H3;1,5-11,13-16,22,32H,4,12,17-21,23H2,2H3;5-15,20H,3-4,16-19,21H2,1-2H3;4-14,19H,3,15-18,20H2,1-2H3. The molecule has 12 aromatic rings. The predicted octanol–water partition coefficient (Wildman–Crippen LogP) is 22.4. The molecular formula is C117H128Cl4N6O16S2. The fourth-order valence-corrected chi connectivity index (χ4v) is 17.7. The number of aryl methyl sites for hydroxylation is 1. The summed E-state index contributed by atoms with van der Waals surface area (Å²) in [5.41, 5.74) is 12.5. The molecule has 0 heterocycles. The lowest BCUT2D eigenvalue weighted by molar-refractivity contribution is -0.132. The zero-order valence-electron chi connectivity index (χ0n) is 83.2. The Hall–Kier alpha value is -13.2. The molecule has 22 nitrogen and oxygen atoms in total. The average molecular weight is 2080 g/mol. The Bertz CT molecular complexity index is 6270. The van der Waals surface area contributed by atoms with E-state index in [1.54, 1.807) is 78.7 Å². The second kappa shape index (κ2) is 61.8. The van der Waals surface area contributed by atoms with Crippen molar-refractivity contribution in [2.75, 3.05) is 79.9 Å². The Labute approximate surface area is 875 Å². The molecule has 12 aromatic carbocycles. The highest BCUT2D eigenvalue weighted by Crippen LogP contribution is 2.32. The first-order valence-corrected chi connectivity index (χ1v) is 52.9. The van der Waals surface area contributed by atoms with Gasteiger partial charge in [-0.25, -0.2) is 21.6 Å². The second-order valence-electron chi connectivity index (χ2n) is 34.0. The SMILES string of the molecule is C#CCNS(=O)(=O)c1ccc(CCN(Cc2cc(Cl)ccc2OCCC)C(=O)CCc2ccccc2)cc1.C#CCNS(=O)(=O)c1ccc(CCN(Cc2cc(Cl)ccc2OCCC)C(=O)Cc2ccc(OC)cc2)cc1.CCCOc1ccc(Cl)cc1CN(CCc1ccc(C(=O)CC)cc1)C(=O)Cc1ccccc1.CCCOc1ccc(Cl)cc1CN(CCc1ccc(C(=O)OC)cc1)C(=O)Cc1ccccc1. The quantitative estimate of drug-likeness (QED) is 0.0204. The first-order valence-electron chi connectivity index (χ1n) is 48.4. The monoisotopic (exact) mass is 2080 g/mol. The van der Waals surface area contributed by atoms with Crippen molar-refractivity contribution in [2.24, 2.45) is 0 Å². The molecule has 0 atom stereocenters. The number of esters is 1. The van der Waals surface area contributed by atoms with E-state index in [4.69, 9.17) is 87.7 Å². The van der Waals surface area contributed by atoms with Crippen LogP contribution in [-0.2, 0) is 122 Å². The fourth-order valence-electron chi connectivity index (χ4n) is 15.1. The van der Waals surface area contributed by atoms with Crippen LogP contribution in [-0.4, -0.2) is 152 Å². The molecule has 2 N–H and O–H groups in total. The van der Waals surface area contributed by atoms with Crippen molar-refractivity contribution in [1.29, 1.82) is 0 Å². The molecule has 0 spiro atoms. The van der Waals surface area contributed by atoms with Crippen molar-refractivity contribution in [2.45, 2.75) is 160 Å². The van der Waals surface area contributed by atoms with Gasteiger partial charge in [0.1, 0.15) is 28.7 Å². The highest BCUT2D eigenvalue weighted by Gasteiger charge is 2.25. The van der Waals surface area contributed by atoms with Crippen LogP contribution in [0, 0.1) is 24.7 Å². The molecule has 0 fully saturated rings. The van der Waals surface area contributed by atoms with Gasteiger partial charge in [-0.15, -0.1) is 12.8 Å². The van der Waals surface area contributed by atoms with Gasteiger partial charge >= 0.3 is 5.97 Å². The maximum Gasteiger partial charge on any atom is 0.337 e. The zero-order chi connectivity index (χ0) is 104. The molecule has 0 saturated heterocycles. The minimum atomic E-state index is -3.67. The number of benzene rings is 12. The number of rotatable bonds is 51. The van der Waals surface area contributed by atoms with Crippen LogP contribution in [0.15, 0.2) is 295 Å². The van der Waals surface area contributed by atoms with Crippen molar-refractivity contribution < 1.29 is 74.0 Å². The van der Waals surface area contributed by atoms with Crippen LogP contribution in [0.5, 0.6) is 28.7 Å². The van der Waals surface area contributed by atoms with E-state index in [-0.39, 0.29) is 64.7 Å². The third-order valence-corrected chi connectivity index (χ3v) is 26.8. The highest BCUT2D eigenvalue weighted by atomic mass is 35.5. The third kappa shape index (κ3) is 39.7. The van der Waals surface area contributed by atoms with Crippen molar-refractivity contribution >= 4 is 102 Å². The summed E-state index contributed by atoms with van der Waals surface area (Å²) >= 11 is 25.1. The second-order valence-corrected chi connectivity index (χ2v) is 39.3. The zero-order valence-corrected chi connectivity index (χ0v) is 87.9. The number of ether oxygens (including phenoxy) is 6. The van der Waals surface area contributed by atoms with E-state index < -0.39 is 20.0 Å². The number of Topliss-reactive ketones (excluding diaryl/α,β-unsaturated/α-hetero) is 1. The van der Waals surface area contributed by atoms with Crippen LogP contribution in [0.3, 0.4) is 0 Å². The minimum Gasteiger partial charge on any atom is -0.497 e. The Balaban J connectivity index is 0.000000216. The predicted molar refractivity (Wildman–Crippen MR) is 577 cm³/mol. The van der Waals surface area contributed by atoms with Gasteiger partial charge in [0, 0.05) is 113 Å². The third-order valence-electron chi connectivity index (χ3n) is 23.0. The summed E-state index contributed by atoms with van der Waals surface area (Å²) in [5.74, 6) is 7.95. The summed E-state index contributed by atoms with van der Waals surface area (Å²) in [6.07, 6.45) is 18.6. The van der Waals surface area contributed by atoms with Gasteiger partial charge in [-0.2, -0.15) is 9.44 Å². The lowest BCUT2D eigenvalue weighted by Gasteiger charge is -2.25. The molecule has 0 aromatic heterocycles. The van der Waals surface area contributed by atoms with Crippen LogP contribution in [0.1, 0.15) is 161 Å². The maximum atomic E-state index is 13.5. The molecule has 0 aliphatic heterocycles. The first-order chi connectivity index (χ1) is 70.1. The van der Waals surface area contributed by atoms with E-state index in [1.165, 1.54) is 19.2 Å². The van der Waals surface area contributed by atoms with Gasteiger partial charge in [-0.3, -0.25) is 24.0 Å². The summed E-state index contributed by atoms with van der Waals surface area (Å²) in [6.45, 7) is 15.6. The smallest absolute Gasteiger partial charge is 0.337 e. The highest BCUT2D eigenvalue weighted by molar-refractivity contribution is 7.89. The van der Waals surface area contributed by atoms with Gasteiger partial charge in [-0.1, -0.05) is 257 Å². The molecule has 0 aliphatic rings. The Kier molecular flexibility index (Phi) is 49.2. The van der Waals surface area contributed by atoms with E-state index in [0.717, 1.165) is 115 Å². The van der Waals surface area contributed by atoms with Gasteiger partial charge in [0.15, 0.2) is 5.78 Å². The molecule has 0 unspecified atom stereocenters. The van der Waals surface area contributed by atoms with E-state index in [2.05, 4.69) is 35.1 Å². The number of nitrogens with zero attached hydrogens (tertiary/aromatic N) is 4. The molecule has 28 heteroatoms. The summed E-state index contributed by atoms with van der Waals surface area (Å²) in [7, 11) is -4.37. The summed E-state index contributed by atoms with van der Waals surface area (Å²) in [4.78, 5) is 84.7. The normalized spacial score (nSPS) is 10.8. The number of nitrogens with one attached hydrogen (secondary N) is 2. The van der Waals surface area contributed by atoms with Gasteiger partial charge in [0.05, 0.1) is 88.4 Å². The lowest BCUT2D eigenvalue weighted by atomic mass is 10.0. The molecule has 0 radical (unpaired) electrons. The largest absolute Gasteiger partial charge is 0.497 e. The number of sulfonamides is 2. The number of methoxy groups -OCH3 is 2. The van der Waals surface area contributed by atoms with E-state index in [1.807, 2.05) is 242 Å². The Morgan fingerprint density at radius 2 is 0.607 bits per heavy atom. The van der Waals surface area contributed by atoms with Crippen LogP contribution >= 0.6 is 46.4 Å². The minimum absolute atomic E-state index is 0.0213. The Morgan fingerprint density at radius 1 is 0.331 bits per heavy atom. The number of hydrogen-bond donors (Lipinski definition) is 2. The van der Waals surface area contributed by atoms with Gasteiger partial charge in [-0.05, 0) is 224 Å². The van der Waals surface area contributed by atoms with Gasteiger partial charge < -0.3 is 48.0 Å². The molecule has 0 bridgehead atoms. The number of carbonyl (C=O) groups is 6. The van der Waals surface area contributed by atoms with Crippen molar-refractivity contribution in [3.63, 3.8) is 0 Å². The van der Waals surface area contributed by atoms with Crippen molar-refractivity contribution in [1.82, 2.24) is 29.0 Å². The molecule has 4 amide bonds. The van der Waals surface area contributed by atoms with E-state index in [9.17, 15) is 45.6 Å². The molecular weight excluding hydrogens is 1950 g/mol. The molecule has 0 aliphatic carbocycles. The molecule has 12 rings (SSSR count). The van der Waals surface area contributed by atoms with Gasteiger partial charge in [0.2, 0.25) is 43.7 Å². The van der Waals surface area contributed by atoms with Crippen LogP contribution in [0.25, 0.3) is 0 Å². The maximum absolute atomic E-state index is 13.5. The summed E-state index contributed by atoms with van der Waals surface area (Å²) < 4.78 is 87.6. The number of hydrogen-bond acceptors (Lipinski definition) is 16. The number of terminal acetylenes is 2. The topological polar surface area (TPSA) is 263 Å².